The lowest BCUT2D eigenvalue weighted by molar-refractivity contribution is -0.117. The molecule has 1 amide bonds. The number of ether oxygens (including phenoxy) is 1. The van der Waals surface area contributed by atoms with E-state index in [-0.39, 0.29) is 11.9 Å². The van der Waals surface area contributed by atoms with Crippen molar-refractivity contribution in [3.63, 3.8) is 0 Å². The highest BCUT2D eigenvalue weighted by Gasteiger charge is 2.23. The summed E-state index contributed by atoms with van der Waals surface area (Å²) in [6.07, 6.45) is 1.54. The maximum absolute atomic E-state index is 12.1. The highest BCUT2D eigenvalue weighted by molar-refractivity contribution is 7.80. The lowest BCUT2D eigenvalue weighted by Crippen LogP contribution is -2.36. The van der Waals surface area contributed by atoms with Gasteiger partial charge in [0.15, 0.2) is 5.11 Å². The second kappa shape index (κ2) is 9.66. The fourth-order valence-electron chi connectivity index (χ4n) is 4.12. The van der Waals surface area contributed by atoms with E-state index in [0.717, 1.165) is 56.2 Å². The molecular formula is C24H30N4O2S. The molecule has 2 aromatic rings. The number of nitrogens with one attached hydrogen (secondary N) is 2. The van der Waals surface area contributed by atoms with E-state index in [0.29, 0.717) is 11.5 Å². The van der Waals surface area contributed by atoms with Gasteiger partial charge in [-0.3, -0.25) is 4.79 Å². The third-order valence-electron chi connectivity index (χ3n) is 5.95. The quantitative estimate of drug-likeness (QED) is 0.688. The Morgan fingerprint density at radius 3 is 2.52 bits per heavy atom. The Balaban J connectivity index is 1.36. The lowest BCUT2D eigenvalue weighted by Gasteiger charge is -2.29. The first kappa shape index (κ1) is 21.6. The third-order valence-corrected chi connectivity index (χ3v) is 6.17. The van der Waals surface area contributed by atoms with Crippen LogP contribution in [0.3, 0.4) is 0 Å². The van der Waals surface area contributed by atoms with Crippen LogP contribution in [0.15, 0.2) is 42.5 Å². The first-order valence-electron chi connectivity index (χ1n) is 10.9. The van der Waals surface area contributed by atoms with E-state index in [1.807, 2.05) is 30.0 Å². The number of hydrogen-bond acceptors (Lipinski definition) is 4. The number of carbonyl (C=O) groups excluding carboxylic acids is 1. The van der Waals surface area contributed by atoms with Crippen LogP contribution in [0.2, 0.25) is 0 Å². The molecule has 2 aromatic carbocycles. The molecule has 0 spiro atoms. The zero-order valence-corrected chi connectivity index (χ0v) is 19.0. The van der Waals surface area contributed by atoms with E-state index < -0.39 is 0 Å². The zero-order valence-electron chi connectivity index (χ0n) is 18.2. The standard InChI is InChI=1S/C24H30N4O2S/c1-17-5-8-20(16-22(17)28-11-3-4-23(28)29)26-24(31)25-18(2)19-6-9-21(10-7-19)27-12-14-30-15-13-27/h5-10,16,18H,3-4,11-15H2,1-2H3,(H2,25,26,31)/t18-/m1/s1. The van der Waals surface area contributed by atoms with Gasteiger partial charge in [-0.1, -0.05) is 18.2 Å². The molecule has 1 atom stereocenters. The van der Waals surface area contributed by atoms with Crippen molar-refractivity contribution >= 4 is 40.3 Å². The third kappa shape index (κ3) is 5.17. The molecule has 0 aliphatic carbocycles. The molecule has 164 valence electrons. The minimum absolute atomic E-state index is 0.0730. The molecule has 2 saturated heterocycles. The number of thiocarbonyl (C=S) groups is 1. The van der Waals surface area contributed by atoms with Crippen molar-refractivity contribution in [2.45, 2.75) is 32.7 Å². The van der Waals surface area contributed by atoms with Crippen LogP contribution < -0.4 is 20.4 Å². The Hall–Kier alpha value is -2.64. The maximum atomic E-state index is 12.1. The average Bonchev–Trinajstić information content (AvgIpc) is 3.21. The number of morpholine rings is 1. The summed E-state index contributed by atoms with van der Waals surface area (Å²) in [6, 6.07) is 14.7. The van der Waals surface area contributed by atoms with Crippen LogP contribution >= 0.6 is 12.2 Å². The average molecular weight is 439 g/mol. The largest absolute Gasteiger partial charge is 0.378 e. The summed E-state index contributed by atoms with van der Waals surface area (Å²) in [5, 5.41) is 7.20. The first-order chi connectivity index (χ1) is 15.0. The molecular weight excluding hydrogens is 408 g/mol. The Kier molecular flexibility index (Phi) is 6.73. The molecule has 0 aromatic heterocycles. The summed E-state index contributed by atoms with van der Waals surface area (Å²) in [4.78, 5) is 16.4. The second-order valence-electron chi connectivity index (χ2n) is 8.16. The van der Waals surface area contributed by atoms with E-state index in [4.69, 9.17) is 17.0 Å². The monoisotopic (exact) mass is 438 g/mol. The van der Waals surface area contributed by atoms with Crippen molar-refractivity contribution in [2.24, 2.45) is 0 Å². The summed E-state index contributed by atoms with van der Waals surface area (Å²) >= 11 is 5.55. The molecule has 2 aliphatic heterocycles. The zero-order chi connectivity index (χ0) is 21.8. The van der Waals surface area contributed by atoms with Crippen LogP contribution in [0.4, 0.5) is 17.1 Å². The summed E-state index contributed by atoms with van der Waals surface area (Å²) < 4.78 is 5.43. The van der Waals surface area contributed by atoms with E-state index in [1.165, 1.54) is 11.3 Å². The van der Waals surface area contributed by atoms with Gasteiger partial charge in [0, 0.05) is 43.1 Å². The van der Waals surface area contributed by atoms with Gasteiger partial charge >= 0.3 is 0 Å². The fourth-order valence-corrected chi connectivity index (χ4v) is 4.42. The van der Waals surface area contributed by atoms with Gasteiger partial charge in [-0.2, -0.15) is 0 Å². The molecule has 2 aliphatic rings. The van der Waals surface area contributed by atoms with Crippen molar-refractivity contribution in [1.29, 1.82) is 0 Å². The van der Waals surface area contributed by atoms with E-state index >= 15 is 0 Å². The van der Waals surface area contributed by atoms with Crippen molar-refractivity contribution in [3.8, 4) is 0 Å². The first-order valence-corrected chi connectivity index (χ1v) is 11.3. The van der Waals surface area contributed by atoms with Crippen LogP contribution in [-0.4, -0.2) is 43.9 Å². The molecule has 0 bridgehead atoms. The number of carbonyl (C=O) groups is 1. The summed E-state index contributed by atoms with van der Waals surface area (Å²) in [5.74, 6) is 0.190. The SMILES string of the molecule is Cc1ccc(NC(=S)N[C@H](C)c2ccc(N3CCOCC3)cc2)cc1N1CCCC1=O. The smallest absolute Gasteiger partial charge is 0.227 e. The molecule has 0 radical (unpaired) electrons. The molecule has 6 nitrogen and oxygen atoms in total. The van der Waals surface area contributed by atoms with E-state index in [9.17, 15) is 4.79 Å². The molecule has 2 N–H and O–H groups in total. The fraction of sp³-hybridized carbons (Fsp3) is 0.417. The molecule has 0 unspecified atom stereocenters. The Morgan fingerprint density at radius 1 is 1.10 bits per heavy atom. The van der Waals surface area contributed by atoms with E-state index in [2.05, 4.69) is 46.7 Å². The van der Waals surface area contributed by atoms with Gasteiger partial charge in [0.05, 0.1) is 19.3 Å². The van der Waals surface area contributed by atoms with Crippen LogP contribution in [0.5, 0.6) is 0 Å². The van der Waals surface area contributed by atoms with Gasteiger partial charge in [-0.25, -0.2) is 0 Å². The predicted octanol–water partition coefficient (Wildman–Crippen LogP) is 4.01. The number of aryl methyl sites for hydroxylation is 1. The van der Waals surface area contributed by atoms with Gasteiger partial charge < -0.3 is 25.2 Å². The van der Waals surface area contributed by atoms with Gasteiger partial charge in [0.25, 0.3) is 0 Å². The second-order valence-corrected chi connectivity index (χ2v) is 8.57. The van der Waals surface area contributed by atoms with Crippen LogP contribution in [0.1, 0.15) is 36.9 Å². The minimum atomic E-state index is 0.0730. The molecule has 4 rings (SSSR count). The Labute approximate surface area is 189 Å². The maximum Gasteiger partial charge on any atom is 0.227 e. The lowest BCUT2D eigenvalue weighted by atomic mass is 10.1. The number of hydrogen-bond donors (Lipinski definition) is 2. The Morgan fingerprint density at radius 2 is 1.84 bits per heavy atom. The minimum Gasteiger partial charge on any atom is -0.378 e. The van der Waals surface area contributed by atoms with Crippen molar-refractivity contribution in [1.82, 2.24) is 5.32 Å². The number of rotatable bonds is 5. The number of benzene rings is 2. The topological polar surface area (TPSA) is 56.8 Å². The van der Waals surface area contributed by atoms with Crippen LogP contribution in [0, 0.1) is 6.92 Å². The van der Waals surface area contributed by atoms with Gasteiger partial charge in [-0.05, 0) is 67.9 Å². The number of nitrogens with zero attached hydrogens (tertiary/aromatic N) is 2. The van der Waals surface area contributed by atoms with Crippen LogP contribution in [-0.2, 0) is 9.53 Å². The van der Waals surface area contributed by atoms with Gasteiger partial charge in [0.1, 0.15) is 0 Å². The molecule has 2 heterocycles. The van der Waals surface area contributed by atoms with E-state index in [1.54, 1.807) is 0 Å². The molecule has 7 heteroatoms. The van der Waals surface area contributed by atoms with Gasteiger partial charge in [-0.15, -0.1) is 0 Å². The highest BCUT2D eigenvalue weighted by atomic mass is 32.1. The summed E-state index contributed by atoms with van der Waals surface area (Å²) in [5.41, 5.74) is 5.33. The normalized spacial score (nSPS) is 17.5. The number of anilines is 3. The van der Waals surface area contributed by atoms with Crippen LogP contribution in [0.25, 0.3) is 0 Å². The van der Waals surface area contributed by atoms with Crippen molar-refractivity contribution in [3.05, 3.63) is 53.6 Å². The summed E-state index contributed by atoms with van der Waals surface area (Å²) in [6.45, 7) is 8.35. The predicted molar refractivity (Wildman–Crippen MR) is 130 cm³/mol. The van der Waals surface area contributed by atoms with Crippen molar-refractivity contribution < 1.29 is 9.53 Å². The van der Waals surface area contributed by atoms with Gasteiger partial charge in [0.2, 0.25) is 5.91 Å². The number of amides is 1. The molecule has 31 heavy (non-hydrogen) atoms. The summed E-state index contributed by atoms with van der Waals surface area (Å²) in [7, 11) is 0. The van der Waals surface area contributed by atoms with Crippen molar-refractivity contribution in [2.75, 3.05) is 48.0 Å². The molecule has 2 fully saturated rings. The highest BCUT2D eigenvalue weighted by Crippen LogP contribution is 2.28. The Bertz CT molecular complexity index is 941. The molecule has 0 saturated carbocycles.